The van der Waals surface area contributed by atoms with Gasteiger partial charge in [0.2, 0.25) is 0 Å². The summed E-state index contributed by atoms with van der Waals surface area (Å²) < 4.78 is 36.3. The monoisotopic (exact) mass is 964 g/mol. The average Bonchev–Trinajstić information content (AvgIpc) is 3.97. The zero-order chi connectivity index (χ0) is 49.4. The van der Waals surface area contributed by atoms with Crippen LogP contribution in [0, 0.1) is 19.8 Å². The summed E-state index contributed by atoms with van der Waals surface area (Å²) in [5.41, 5.74) is 6.33. The molecule has 1 saturated heterocycles. The molecule has 1 fully saturated rings. The quantitative estimate of drug-likeness (QED) is 0.0447. The second-order valence-corrected chi connectivity index (χ2v) is 17.8. The van der Waals surface area contributed by atoms with Crippen molar-refractivity contribution < 1.29 is 38.4 Å². The molecule has 376 valence electrons. The first-order valence-corrected chi connectivity index (χ1v) is 24.0. The summed E-state index contributed by atoms with van der Waals surface area (Å²) in [7, 11) is 6.94. The van der Waals surface area contributed by atoms with Crippen molar-refractivity contribution in [3.8, 4) is 56.8 Å². The molecule has 5 heterocycles. The summed E-state index contributed by atoms with van der Waals surface area (Å²) in [6.07, 6.45) is 4.93. The Kier molecular flexibility index (Phi) is 19.0. The first kappa shape index (κ1) is 51.8. The lowest BCUT2D eigenvalue weighted by Gasteiger charge is -2.24. The highest BCUT2D eigenvalue weighted by molar-refractivity contribution is 5.72. The molecule has 19 heteroatoms. The van der Waals surface area contributed by atoms with Gasteiger partial charge in [0.05, 0.1) is 42.1 Å². The van der Waals surface area contributed by atoms with Crippen LogP contribution in [0.4, 0.5) is 11.6 Å². The molecule has 0 spiro atoms. The number of nitrogens with zero attached hydrogens (tertiary/aromatic N) is 8. The third-order valence-electron chi connectivity index (χ3n) is 11.8. The van der Waals surface area contributed by atoms with Gasteiger partial charge in [0.25, 0.3) is 0 Å². The number of aryl methyl sites for hydroxylation is 2. The zero-order valence-electron chi connectivity index (χ0n) is 41.5. The number of hydrogen-bond donors (Lipinski definition) is 5. The fraction of sp³-hybridized carbons (Fsp3) is 0.490. The van der Waals surface area contributed by atoms with Gasteiger partial charge in [0.1, 0.15) is 54.3 Å². The van der Waals surface area contributed by atoms with Crippen molar-refractivity contribution in [1.82, 2.24) is 45.5 Å². The highest BCUT2D eigenvalue weighted by atomic mass is 16.5. The van der Waals surface area contributed by atoms with E-state index in [0.29, 0.717) is 112 Å². The summed E-state index contributed by atoms with van der Waals surface area (Å²) >= 11 is 0. The van der Waals surface area contributed by atoms with Crippen molar-refractivity contribution in [3.05, 3.63) is 84.0 Å². The Bertz CT molecular complexity index is 2540. The molecule has 0 amide bonds. The smallest absolute Gasteiger partial charge is 0.162 e. The summed E-state index contributed by atoms with van der Waals surface area (Å²) in [5, 5.41) is 39.5. The molecule has 0 bridgehead atoms. The van der Waals surface area contributed by atoms with Crippen molar-refractivity contribution in [3.63, 3.8) is 0 Å². The van der Waals surface area contributed by atoms with Crippen molar-refractivity contribution in [1.29, 1.82) is 0 Å². The van der Waals surface area contributed by atoms with Crippen molar-refractivity contribution >= 4 is 11.6 Å². The summed E-state index contributed by atoms with van der Waals surface area (Å²) in [6, 6.07) is 17.8. The highest BCUT2D eigenvalue weighted by Gasteiger charge is 2.22. The van der Waals surface area contributed by atoms with Crippen molar-refractivity contribution in [2.75, 3.05) is 104 Å². The number of likely N-dealkylation sites (N-methyl/N-ethyl adjacent to an activating group) is 2. The topological polar surface area (TPSA) is 221 Å². The molecule has 1 aliphatic heterocycles. The minimum Gasteiger partial charge on any atom is -0.491 e. The summed E-state index contributed by atoms with van der Waals surface area (Å²) in [4.78, 5) is 22.4. The number of ether oxygens (including phenoxy) is 5. The van der Waals surface area contributed by atoms with E-state index in [9.17, 15) is 10.2 Å². The number of rotatable bonds is 27. The maximum absolute atomic E-state index is 10.6. The zero-order valence-corrected chi connectivity index (χ0v) is 41.5. The van der Waals surface area contributed by atoms with E-state index in [2.05, 4.69) is 39.0 Å². The number of benzene rings is 2. The highest BCUT2D eigenvalue weighted by Crippen LogP contribution is 2.33. The van der Waals surface area contributed by atoms with Gasteiger partial charge >= 0.3 is 0 Å². The van der Waals surface area contributed by atoms with Crippen molar-refractivity contribution in [2.45, 2.75) is 64.8 Å². The number of hydrogen-bond acceptors (Lipinski definition) is 18. The molecule has 7 rings (SSSR count). The maximum Gasteiger partial charge on any atom is 0.162 e. The van der Waals surface area contributed by atoms with Crippen LogP contribution in [0.5, 0.6) is 11.5 Å². The normalized spacial score (nSPS) is 14.4. The second-order valence-electron chi connectivity index (χ2n) is 17.8. The lowest BCUT2D eigenvalue weighted by atomic mass is 9.98. The SMILES string of the molecule is CNCC(O)COc1cccc(-c2nc(NC3CCOCC3)cc(-c3cnn(CC(C)Cc4cc(OCC(O)CNC)cc(-c5nc(-c6c(C)noc6C)cc(N(CCOC)CCOC)n5)c4)c3)n2)c1. The Morgan fingerprint density at radius 1 is 0.800 bits per heavy atom. The maximum atomic E-state index is 10.6. The number of anilines is 2. The molecule has 3 atom stereocenters. The molecule has 70 heavy (non-hydrogen) atoms. The van der Waals surface area contributed by atoms with Crippen LogP contribution in [0.1, 0.15) is 36.8 Å². The standard InChI is InChI=1S/C51H69N11O8/c1-33(29-62-30-39(26-54-62)45-24-47(55-40-11-15-67-16-12-40)58-50(56-45)37-9-8-10-43(22-37)68-31-41(63)27-52-4)19-36-20-38(23-44(21-36)69-32-42(64)28-53-5)51-57-46(49-34(2)60-70-35(49)3)25-48(59-51)61(13-17-65-6)14-18-66-7/h8-10,20-26,30,33,40-42,52-53,63-64H,11-19,27-29,31-32H2,1-7H3,(H,55,56,58). The molecular formula is C51H69N11O8. The van der Waals surface area contributed by atoms with E-state index in [4.69, 9.17) is 53.2 Å². The van der Waals surface area contributed by atoms with Crippen molar-refractivity contribution in [2.24, 2.45) is 5.92 Å². The first-order chi connectivity index (χ1) is 34.0. The molecule has 5 N–H and O–H groups in total. The van der Waals surface area contributed by atoms with Crippen LogP contribution < -0.4 is 30.3 Å². The van der Waals surface area contributed by atoms with Crippen LogP contribution in [0.15, 0.2) is 71.5 Å². The Labute approximate surface area is 410 Å². The van der Waals surface area contributed by atoms with Crippen LogP contribution in [0.2, 0.25) is 0 Å². The lowest BCUT2D eigenvalue weighted by Crippen LogP contribution is -2.31. The van der Waals surface area contributed by atoms with Crippen LogP contribution in [0.25, 0.3) is 45.3 Å². The number of methoxy groups -OCH3 is 2. The predicted octanol–water partition coefficient (Wildman–Crippen LogP) is 5.22. The second kappa shape index (κ2) is 25.7. The molecular weight excluding hydrogens is 895 g/mol. The molecule has 6 aromatic rings. The van der Waals surface area contributed by atoms with Crippen LogP contribution in [-0.2, 0) is 27.2 Å². The van der Waals surface area contributed by atoms with E-state index < -0.39 is 12.2 Å². The molecule has 0 saturated carbocycles. The van der Waals surface area contributed by atoms with Gasteiger partial charge in [0, 0.05) is 101 Å². The van der Waals surface area contributed by atoms with Gasteiger partial charge in [-0.3, -0.25) is 4.68 Å². The summed E-state index contributed by atoms with van der Waals surface area (Å²) in [6.45, 7) is 11.2. The molecule has 0 radical (unpaired) electrons. The Morgan fingerprint density at radius 3 is 2.17 bits per heavy atom. The van der Waals surface area contributed by atoms with Gasteiger partial charge in [0.15, 0.2) is 11.6 Å². The van der Waals surface area contributed by atoms with Gasteiger partial charge in [-0.1, -0.05) is 24.2 Å². The average molecular weight is 964 g/mol. The molecule has 3 unspecified atom stereocenters. The number of nitrogens with one attached hydrogen (secondary N) is 3. The van der Waals surface area contributed by atoms with E-state index in [-0.39, 0.29) is 25.2 Å². The fourth-order valence-corrected chi connectivity index (χ4v) is 8.37. The Balaban J connectivity index is 1.17. The lowest BCUT2D eigenvalue weighted by molar-refractivity contribution is 0.0904. The minimum absolute atomic E-state index is 0.0970. The third kappa shape index (κ3) is 14.5. The van der Waals surface area contributed by atoms with Crippen LogP contribution in [-0.4, -0.2) is 157 Å². The van der Waals surface area contributed by atoms with Gasteiger partial charge in [-0.2, -0.15) is 5.10 Å². The third-order valence-corrected chi connectivity index (χ3v) is 11.8. The molecule has 19 nitrogen and oxygen atoms in total. The van der Waals surface area contributed by atoms with Crippen LogP contribution >= 0.6 is 0 Å². The first-order valence-electron chi connectivity index (χ1n) is 24.0. The van der Waals surface area contributed by atoms with Gasteiger partial charge in [-0.05, 0) is 89.0 Å². The van der Waals surface area contributed by atoms with E-state index in [0.717, 1.165) is 52.0 Å². The van der Waals surface area contributed by atoms with E-state index in [1.54, 1.807) is 28.3 Å². The number of aliphatic hydroxyl groups is 2. The largest absolute Gasteiger partial charge is 0.491 e. The van der Waals surface area contributed by atoms with Gasteiger partial charge in [-0.15, -0.1) is 0 Å². The molecule has 2 aromatic carbocycles. The van der Waals surface area contributed by atoms with E-state index in [1.165, 1.54) is 0 Å². The fourth-order valence-electron chi connectivity index (χ4n) is 8.37. The number of aromatic nitrogens is 7. The molecule has 0 aliphatic carbocycles. The van der Waals surface area contributed by atoms with Gasteiger partial charge < -0.3 is 59.3 Å². The van der Waals surface area contributed by atoms with Gasteiger partial charge in [-0.25, -0.2) is 19.9 Å². The summed E-state index contributed by atoms with van der Waals surface area (Å²) in [5.74, 6) is 4.43. The Morgan fingerprint density at radius 2 is 1.49 bits per heavy atom. The van der Waals surface area contributed by atoms with Crippen LogP contribution in [0.3, 0.4) is 0 Å². The molecule has 4 aromatic heterocycles. The van der Waals surface area contributed by atoms with E-state index >= 15 is 0 Å². The number of aliphatic hydroxyl groups excluding tert-OH is 2. The molecule has 1 aliphatic rings. The van der Waals surface area contributed by atoms with E-state index in [1.807, 2.05) is 79.5 Å². The Hall–Kier alpha value is -6.06. The predicted molar refractivity (Wildman–Crippen MR) is 268 cm³/mol. The minimum atomic E-state index is -0.710.